The summed E-state index contributed by atoms with van der Waals surface area (Å²) in [5, 5.41) is 8.79. The SMILES string of the molecule is C1=Cc2c(c3c(c4c5c(ccc24)=CCC=5)=CCC=3)C1. The zero-order chi connectivity index (χ0) is 12.4. The van der Waals surface area contributed by atoms with Crippen molar-refractivity contribution in [3.8, 4) is 0 Å². The Bertz CT molecular complexity index is 1010. The van der Waals surface area contributed by atoms with Crippen LogP contribution in [0.2, 0.25) is 0 Å². The summed E-state index contributed by atoms with van der Waals surface area (Å²) in [5.41, 5.74) is 3.00. The van der Waals surface area contributed by atoms with Crippen molar-refractivity contribution in [1.29, 1.82) is 0 Å². The zero-order valence-electron chi connectivity index (χ0n) is 10.7. The molecule has 0 heteroatoms. The van der Waals surface area contributed by atoms with Crippen LogP contribution in [0.25, 0.3) is 41.2 Å². The van der Waals surface area contributed by atoms with Crippen molar-refractivity contribution in [2.24, 2.45) is 0 Å². The van der Waals surface area contributed by atoms with Gasteiger partial charge in [0, 0.05) is 0 Å². The molecule has 0 fully saturated rings. The molecule has 19 heavy (non-hydrogen) atoms. The molecule has 5 rings (SSSR count). The van der Waals surface area contributed by atoms with Gasteiger partial charge in [-0.15, -0.1) is 0 Å². The molecule has 0 spiro atoms. The molecule has 0 heterocycles. The lowest BCUT2D eigenvalue weighted by Crippen LogP contribution is -2.34. The van der Waals surface area contributed by atoms with Crippen LogP contribution in [-0.4, -0.2) is 0 Å². The van der Waals surface area contributed by atoms with E-state index in [1.165, 1.54) is 42.8 Å². The molecule has 3 aliphatic rings. The van der Waals surface area contributed by atoms with E-state index in [1.54, 1.807) is 0 Å². The molecule has 0 radical (unpaired) electrons. The number of hydrogen-bond donors (Lipinski definition) is 0. The zero-order valence-corrected chi connectivity index (χ0v) is 10.7. The molecular weight excluding hydrogens is 228 g/mol. The van der Waals surface area contributed by atoms with Crippen molar-refractivity contribution in [3.63, 3.8) is 0 Å². The lowest BCUT2D eigenvalue weighted by atomic mass is 9.95. The lowest BCUT2D eigenvalue weighted by Gasteiger charge is -2.08. The van der Waals surface area contributed by atoms with Gasteiger partial charge in [-0.25, -0.2) is 0 Å². The van der Waals surface area contributed by atoms with Crippen LogP contribution in [0.1, 0.15) is 24.0 Å². The van der Waals surface area contributed by atoms with Crippen molar-refractivity contribution in [2.75, 3.05) is 0 Å². The summed E-state index contributed by atoms with van der Waals surface area (Å²) in [6, 6.07) is 4.61. The Kier molecular flexibility index (Phi) is 1.69. The monoisotopic (exact) mass is 242 g/mol. The third-order valence-corrected chi connectivity index (χ3v) is 4.69. The minimum Gasteiger partial charge on any atom is -0.0795 e. The van der Waals surface area contributed by atoms with Gasteiger partial charge in [0.15, 0.2) is 0 Å². The van der Waals surface area contributed by atoms with Gasteiger partial charge in [0.05, 0.1) is 0 Å². The summed E-state index contributed by atoms with van der Waals surface area (Å²) in [5.74, 6) is 0. The highest BCUT2D eigenvalue weighted by atomic mass is 14.2. The first-order chi connectivity index (χ1) is 9.43. The van der Waals surface area contributed by atoms with Gasteiger partial charge in [0.25, 0.3) is 0 Å². The second-order valence-electron chi connectivity index (χ2n) is 5.60. The Morgan fingerprint density at radius 3 is 2.63 bits per heavy atom. The molecule has 0 bridgehead atoms. The van der Waals surface area contributed by atoms with Gasteiger partial charge in [0.1, 0.15) is 0 Å². The van der Waals surface area contributed by atoms with Crippen molar-refractivity contribution in [2.45, 2.75) is 19.3 Å². The van der Waals surface area contributed by atoms with E-state index in [-0.39, 0.29) is 0 Å². The summed E-state index contributed by atoms with van der Waals surface area (Å²) in [6.07, 6.45) is 17.4. The van der Waals surface area contributed by atoms with Gasteiger partial charge in [-0.1, -0.05) is 48.6 Å². The number of rotatable bonds is 0. The standard InChI is InChI=1S/C19H14/c1-4-12-10-11-18-16-7-2-6-14(16)15-8-3-9-17(15)19(18)13(12)5-1/h2,4-5,7-11H,1,3,6H2. The van der Waals surface area contributed by atoms with E-state index in [1.807, 2.05) is 0 Å². The number of benzene rings is 2. The molecule has 2 aromatic rings. The quantitative estimate of drug-likeness (QED) is 0.654. The van der Waals surface area contributed by atoms with Gasteiger partial charge in [-0.3, -0.25) is 0 Å². The molecule has 0 atom stereocenters. The maximum Gasteiger partial charge on any atom is -0.00270 e. The molecule has 2 aromatic carbocycles. The highest BCUT2D eigenvalue weighted by Crippen LogP contribution is 2.23. The van der Waals surface area contributed by atoms with E-state index in [0.29, 0.717) is 0 Å². The molecular formula is C19H14. The normalized spacial score (nSPS) is 17.3. The smallest absolute Gasteiger partial charge is 0.00270 e. The minimum atomic E-state index is 1.08. The van der Waals surface area contributed by atoms with E-state index in [2.05, 4.69) is 48.6 Å². The summed E-state index contributed by atoms with van der Waals surface area (Å²) in [6.45, 7) is 0. The molecule has 0 unspecified atom stereocenters. The Morgan fingerprint density at radius 1 is 0.789 bits per heavy atom. The van der Waals surface area contributed by atoms with Gasteiger partial charge >= 0.3 is 0 Å². The first kappa shape index (κ1) is 9.80. The molecule has 3 aliphatic carbocycles. The van der Waals surface area contributed by atoms with Crippen LogP contribution >= 0.6 is 0 Å². The summed E-state index contributed by atoms with van der Waals surface area (Å²) in [4.78, 5) is 0. The average molecular weight is 242 g/mol. The Labute approximate surface area is 111 Å². The van der Waals surface area contributed by atoms with E-state index >= 15 is 0 Å². The van der Waals surface area contributed by atoms with E-state index < -0.39 is 0 Å². The Morgan fingerprint density at radius 2 is 1.63 bits per heavy atom. The predicted molar refractivity (Wildman–Crippen MR) is 82.3 cm³/mol. The molecule has 0 saturated carbocycles. The molecule has 0 aromatic heterocycles. The van der Waals surface area contributed by atoms with Gasteiger partial charge in [0.2, 0.25) is 0 Å². The summed E-state index contributed by atoms with van der Waals surface area (Å²) >= 11 is 0. The largest absolute Gasteiger partial charge is 0.0795 e. The number of hydrogen-bond acceptors (Lipinski definition) is 0. The van der Waals surface area contributed by atoms with E-state index in [9.17, 15) is 0 Å². The highest BCUT2D eigenvalue weighted by Gasteiger charge is 2.15. The molecule has 0 aliphatic heterocycles. The Hall–Kier alpha value is -2.08. The number of fused-ring (bicyclic) bond motifs is 8. The van der Waals surface area contributed by atoms with Crippen molar-refractivity contribution < 1.29 is 0 Å². The van der Waals surface area contributed by atoms with Crippen molar-refractivity contribution >= 4 is 41.2 Å². The highest BCUT2D eigenvalue weighted by molar-refractivity contribution is 5.96. The van der Waals surface area contributed by atoms with E-state index in [4.69, 9.17) is 0 Å². The van der Waals surface area contributed by atoms with Crippen LogP contribution in [0, 0.1) is 0 Å². The van der Waals surface area contributed by atoms with Gasteiger partial charge < -0.3 is 0 Å². The Balaban J connectivity index is 2.24. The fourth-order valence-corrected chi connectivity index (χ4v) is 3.90. The van der Waals surface area contributed by atoms with Gasteiger partial charge in [-0.2, -0.15) is 0 Å². The van der Waals surface area contributed by atoms with Crippen molar-refractivity contribution in [1.82, 2.24) is 0 Å². The minimum absolute atomic E-state index is 1.08. The maximum absolute atomic E-state index is 2.41. The summed E-state index contributed by atoms with van der Waals surface area (Å²) in [7, 11) is 0. The number of allylic oxidation sites excluding steroid dienone is 1. The topological polar surface area (TPSA) is 0 Å². The predicted octanol–water partition coefficient (Wildman–Crippen LogP) is 1.34. The molecule has 0 N–H and O–H groups in total. The maximum atomic E-state index is 2.41. The first-order valence-corrected chi connectivity index (χ1v) is 7.08. The summed E-state index contributed by atoms with van der Waals surface area (Å²) < 4.78 is 0. The van der Waals surface area contributed by atoms with Crippen LogP contribution < -0.4 is 20.9 Å². The van der Waals surface area contributed by atoms with Crippen molar-refractivity contribution in [3.05, 3.63) is 50.2 Å². The fourth-order valence-electron chi connectivity index (χ4n) is 3.90. The van der Waals surface area contributed by atoms with E-state index in [0.717, 1.165) is 19.3 Å². The molecule has 90 valence electrons. The van der Waals surface area contributed by atoms with Gasteiger partial charge in [-0.05, 0) is 62.0 Å². The van der Waals surface area contributed by atoms with Crippen LogP contribution in [-0.2, 0) is 6.42 Å². The lowest BCUT2D eigenvalue weighted by molar-refractivity contribution is 1.28. The fraction of sp³-hybridized carbons (Fsp3) is 0.158. The van der Waals surface area contributed by atoms with Crippen LogP contribution in [0.4, 0.5) is 0 Å². The van der Waals surface area contributed by atoms with Crippen LogP contribution in [0.3, 0.4) is 0 Å². The average Bonchev–Trinajstić information content (AvgIpc) is 3.17. The molecule has 0 amide bonds. The van der Waals surface area contributed by atoms with Crippen LogP contribution in [0.15, 0.2) is 18.2 Å². The third-order valence-electron chi connectivity index (χ3n) is 4.69. The molecule has 0 nitrogen and oxygen atoms in total. The van der Waals surface area contributed by atoms with Crippen LogP contribution in [0.5, 0.6) is 0 Å². The second kappa shape index (κ2) is 3.27. The molecule has 0 saturated heterocycles. The third kappa shape index (κ3) is 1.10. The first-order valence-electron chi connectivity index (χ1n) is 7.08. The second-order valence-corrected chi connectivity index (χ2v) is 5.60.